The highest BCUT2D eigenvalue weighted by atomic mass is 19.4. The van der Waals surface area contributed by atoms with Crippen LogP contribution >= 0.6 is 0 Å². The molecule has 2 N–H and O–H groups in total. The second-order valence-corrected chi connectivity index (χ2v) is 4.81. The van der Waals surface area contributed by atoms with E-state index in [-0.39, 0.29) is 23.0 Å². The number of nitrogens with one attached hydrogen (secondary N) is 2. The topological polar surface area (TPSA) is 140 Å². The van der Waals surface area contributed by atoms with Crippen LogP contribution in [0.2, 0.25) is 0 Å². The summed E-state index contributed by atoms with van der Waals surface area (Å²) >= 11 is 0. The first-order chi connectivity index (χ1) is 12.3. The first-order valence-corrected chi connectivity index (χ1v) is 6.76. The summed E-state index contributed by atoms with van der Waals surface area (Å²) in [5, 5.41) is 17.0. The number of benzene rings is 1. The number of nitro benzene ring substituents is 1. The van der Waals surface area contributed by atoms with Crippen molar-refractivity contribution in [2.24, 2.45) is 0 Å². The van der Waals surface area contributed by atoms with Crippen LogP contribution in [0.4, 0.5) is 30.4 Å². The quantitative estimate of drug-likeness (QED) is 0.529. The maximum Gasteiger partial charge on any atom is 0.439 e. The van der Waals surface area contributed by atoms with Crippen molar-refractivity contribution < 1.29 is 22.6 Å². The minimum Gasteiger partial charge on any atom is -0.338 e. The molecule has 2 heterocycles. The Labute approximate surface area is 140 Å². The van der Waals surface area contributed by atoms with Crippen LogP contribution in [0.15, 0.2) is 39.9 Å². The Morgan fingerprint density at radius 2 is 1.96 bits per heavy atom. The zero-order valence-corrected chi connectivity index (χ0v) is 12.4. The lowest BCUT2D eigenvalue weighted by Crippen LogP contribution is -2.09. The van der Waals surface area contributed by atoms with Crippen molar-refractivity contribution in [2.45, 2.75) is 6.18 Å². The van der Waals surface area contributed by atoms with Gasteiger partial charge >= 0.3 is 11.9 Å². The summed E-state index contributed by atoms with van der Waals surface area (Å²) in [7, 11) is 0. The molecule has 0 atom stereocenters. The van der Waals surface area contributed by atoms with Crippen LogP contribution in [-0.2, 0) is 6.18 Å². The van der Waals surface area contributed by atoms with Gasteiger partial charge in [0.15, 0.2) is 11.5 Å². The van der Waals surface area contributed by atoms with Crippen LogP contribution in [-0.4, -0.2) is 25.0 Å². The molecule has 26 heavy (non-hydrogen) atoms. The minimum atomic E-state index is -4.88. The molecule has 0 saturated carbocycles. The lowest BCUT2D eigenvalue weighted by molar-refractivity contribution is -0.388. The normalized spacial score (nSPS) is 11.3. The summed E-state index contributed by atoms with van der Waals surface area (Å²) in [4.78, 5) is 31.0. The molecule has 2 aromatic heterocycles. The van der Waals surface area contributed by atoms with Gasteiger partial charge in [0.05, 0.1) is 4.92 Å². The van der Waals surface area contributed by atoms with Crippen LogP contribution in [0.1, 0.15) is 5.56 Å². The zero-order chi connectivity index (χ0) is 18.9. The molecule has 1 aromatic carbocycles. The smallest absolute Gasteiger partial charge is 0.338 e. The molecule has 0 aliphatic heterocycles. The fraction of sp³-hybridized carbons (Fsp3) is 0.0769. The van der Waals surface area contributed by atoms with Gasteiger partial charge in [0.2, 0.25) is 5.82 Å². The molecule has 13 heteroatoms. The van der Waals surface area contributed by atoms with Crippen molar-refractivity contribution in [2.75, 3.05) is 5.32 Å². The number of aromatic amines is 1. The Bertz CT molecular complexity index is 1030. The first-order valence-electron chi connectivity index (χ1n) is 6.76. The number of alkyl halides is 3. The van der Waals surface area contributed by atoms with Crippen molar-refractivity contribution in [3.63, 3.8) is 0 Å². The van der Waals surface area contributed by atoms with Gasteiger partial charge in [0, 0.05) is 24.1 Å². The number of H-pyrrole nitrogens is 1. The second-order valence-electron chi connectivity index (χ2n) is 4.81. The zero-order valence-electron chi connectivity index (χ0n) is 12.4. The Balaban J connectivity index is 2.02. The molecule has 0 aliphatic carbocycles. The molecule has 0 saturated heterocycles. The van der Waals surface area contributed by atoms with Gasteiger partial charge in [0.1, 0.15) is 5.56 Å². The lowest BCUT2D eigenvalue weighted by Gasteiger charge is -2.11. The molecule has 134 valence electrons. The van der Waals surface area contributed by atoms with Crippen LogP contribution in [0.3, 0.4) is 0 Å². The number of rotatable bonds is 4. The second kappa shape index (κ2) is 6.27. The average Bonchev–Trinajstić information content (AvgIpc) is 3.00. The van der Waals surface area contributed by atoms with Crippen LogP contribution in [0, 0.1) is 10.1 Å². The molecule has 0 spiro atoms. The maximum atomic E-state index is 12.9. The average molecular weight is 368 g/mol. The molecule has 0 aliphatic rings. The number of aromatic nitrogens is 4. The highest BCUT2D eigenvalue weighted by Crippen LogP contribution is 2.38. The third-order valence-electron chi connectivity index (χ3n) is 3.13. The molecule has 3 rings (SSSR count). The Kier molecular flexibility index (Phi) is 4.11. The summed E-state index contributed by atoms with van der Waals surface area (Å²) in [6.07, 6.45) is -2.33. The van der Waals surface area contributed by atoms with E-state index in [1.54, 1.807) is 0 Å². The highest BCUT2D eigenvalue weighted by molar-refractivity contribution is 5.72. The van der Waals surface area contributed by atoms with Crippen LogP contribution < -0.4 is 11.1 Å². The van der Waals surface area contributed by atoms with E-state index < -0.39 is 28.1 Å². The Morgan fingerprint density at radius 3 is 2.58 bits per heavy atom. The number of halogens is 3. The van der Waals surface area contributed by atoms with Crippen LogP contribution in [0.5, 0.6) is 0 Å². The number of hydrogen-bond acceptors (Lipinski definition) is 8. The molecule has 10 nitrogen and oxygen atoms in total. The molecule has 0 radical (unpaired) electrons. The van der Waals surface area contributed by atoms with Gasteiger partial charge in [0.25, 0.3) is 5.69 Å². The van der Waals surface area contributed by atoms with E-state index in [4.69, 9.17) is 0 Å². The highest BCUT2D eigenvalue weighted by Gasteiger charge is 2.38. The molecular formula is C13H7F3N6O4. The predicted molar refractivity (Wildman–Crippen MR) is 79.5 cm³/mol. The molecule has 0 unspecified atom stereocenters. The summed E-state index contributed by atoms with van der Waals surface area (Å²) in [6.45, 7) is 0. The standard InChI is InChI=1S/C13H7F3N6O4/c14-13(15,16)7-2-1-6(5-8(7)22(24)25)19-10-9(17-3-4-18-10)11-20-12(23)26-21-11/h1-5H,(H,18,19)(H,20,21,23). The van der Waals surface area contributed by atoms with E-state index in [9.17, 15) is 28.1 Å². The van der Waals surface area contributed by atoms with Gasteiger partial charge in [-0.2, -0.15) is 13.2 Å². The van der Waals surface area contributed by atoms with Crippen molar-refractivity contribution in [3.8, 4) is 11.5 Å². The maximum absolute atomic E-state index is 12.9. The summed E-state index contributed by atoms with van der Waals surface area (Å²) in [6, 6.07) is 2.29. The summed E-state index contributed by atoms with van der Waals surface area (Å²) in [5.74, 6) is -0.931. The third kappa shape index (κ3) is 3.35. The fourth-order valence-electron chi connectivity index (χ4n) is 2.07. The molecular weight excluding hydrogens is 361 g/mol. The Morgan fingerprint density at radius 1 is 1.23 bits per heavy atom. The van der Waals surface area contributed by atoms with E-state index >= 15 is 0 Å². The summed E-state index contributed by atoms with van der Waals surface area (Å²) in [5.41, 5.74) is -2.52. The van der Waals surface area contributed by atoms with E-state index in [1.165, 1.54) is 12.4 Å². The number of hydrogen-bond donors (Lipinski definition) is 2. The van der Waals surface area contributed by atoms with E-state index in [0.717, 1.165) is 6.07 Å². The first kappa shape index (κ1) is 17.1. The predicted octanol–water partition coefficient (Wildman–Crippen LogP) is 2.49. The van der Waals surface area contributed by atoms with Gasteiger partial charge < -0.3 is 5.32 Å². The summed E-state index contributed by atoms with van der Waals surface area (Å²) < 4.78 is 42.9. The van der Waals surface area contributed by atoms with Crippen molar-refractivity contribution in [1.82, 2.24) is 20.1 Å². The van der Waals surface area contributed by atoms with E-state index in [2.05, 4.69) is 29.9 Å². The monoisotopic (exact) mass is 368 g/mol. The number of nitro groups is 1. The van der Waals surface area contributed by atoms with E-state index in [0.29, 0.717) is 12.1 Å². The van der Waals surface area contributed by atoms with Gasteiger partial charge in [-0.15, -0.1) is 0 Å². The largest absolute Gasteiger partial charge is 0.439 e. The van der Waals surface area contributed by atoms with Gasteiger partial charge in [-0.3, -0.25) is 19.6 Å². The van der Waals surface area contributed by atoms with Gasteiger partial charge in [-0.1, -0.05) is 5.16 Å². The molecule has 0 fully saturated rings. The van der Waals surface area contributed by atoms with Gasteiger partial charge in [-0.25, -0.2) is 14.8 Å². The number of anilines is 2. The van der Waals surface area contributed by atoms with E-state index in [1.807, 2.05) is 0 Å². The Hall–Kier alpha value is -3.77. The fourth-order valence-corrected chi connectivity index (χ4v) is 2.07. The molecule has 0 bridgehead atoms. The van der Waals surface area contributed by atoms with Crippen molar-refractivity contribution >= 4 is 17.2 Å². The van der Waals surface area contributed by atoms with Crippen molar-refractivity contribution in [3.05, 3.63) is 56.8 Å². The number of nitrogens with zero attached hydrogens (tertiary/aromatic N) is 4. The molecule has 0 amide bonds. The SMILES string of the molecule is O=c1[nH]c(-c2nccnc2Nc2ccc(C(F)(F)F)c([N+](=O)[O-])c2)no1. The van der Waals surface area contributed by atoms with Crippen LogP contribution in [0.25, 0.3) is 11.5 Å². The van der Waals surface area contributed by atoms with Gasteiger partial charge in [-0.05, 0) is 12.1 Å². The lowest BCUT2D eigenvalue weighted by atomic mass is 10.1. The third-order valence-corrected chi connectivity index (χ3v) is 3.13. The molecule has 3 aromatic rings. The minimum absolute atomic E-state index is 0.00823. The van der Waals surface area contributed by atoms with Crippen molar-refractivity contribution in [1.29, 1.82) is 0 Å².